The highest BCUT2D eigenvalue weighted by Crippen LogP contribution is 2.32. The maximum Gasteiger partial charge on any atom is 0.298 e. The molecule has 0 aliphatic carbocycles. The van der Waals surface area contributed by atoms with Crippen molar-refractivity contribution in [2.24, 2.45) is 0 Å². The smallest absolute Gasteiger partial charge is 0.298 e. The third kappa shape index (κ3) is 6.15. The van der Waals surface area contributed by atoms with Crippen LogP contribution in [-0.4, -0.2) is 55.9 Å². The van der Waals surface area contributed by atoms with Crippen LogP contribution in [0, 0.1) is 19.3 Å². The first-order valence-electron chi connectivity index (χ1n) is 12.3. The minimum atomic E-state index is -0.275. The lowest BCUT2D eigenvalue weighted by atomic mass is 9.99. The van der Waals surface area contributed by atoms with Crippen molar-refractivity contribution >= 4 is 11.8 Å². The van der Waals surface area contributed by atoms with Crippen molar-refractivity contribution in [3.05, 3.63) is 59.7 Å². The van der Waals surface area contributed by atoms with Gasteiger partial charge in [0.2, 0.25) is 0 Å². The number of terminal acetylenes is 1. The van der Waals surface area contributed by atoms with Gasteiger partial charge in [-0.25, -0.2) is 4.68 Å². The van der Waals surface area contributed by atoms with Crippen molar-refractivity contribution in [1.29, 1.82) is 0 Å². The summed E-state index contributed by atoms with van der Waals surface area (Å²) in [7, 11) is 0. The van der Waals surface area contributed by atoms with Crippen molar-refractivity contribution in [3.63, 3.8) is 0 Å². The third-order valence-corrected chi connectivity index (χ3v) is 6.44. The number of aryl methyl sites for hydroxylation is 1. The molecule has 3 heterocycles. The third-order valence-electron chi connectivity index (χ3n) is 6.44. The van der Waals surface area contributed by atoms with Crippen LogP contribution < -0.4 is 10.1 Å². The predicted molar refractivity (Wildman–Crippen MR) is 140 cm³/mol. The Morgan fingerprint density at radius 1 is 1.22 bits per heavy atom. The Labute approximate surface area is 217 Å². The van der Waals surface area contributed by atoms with Gasteiger partial charge in [-0.05, 0) is 56.4 Å². The molecular weight excluding hydrogens is 468 g/mol. The Balaban J connectivity index is 1.41. The Morgan fingerprint density at radius 2 is 1.97 bits per heavy atom. The van der Waals surface area contributed by atoms with Gasteiger partial charge in [-0.2, -0.15) is 0 Å². The van der Waals surface area contributed by atoms with E-state index < -0.39 is 0 Å². The Morgan fingerprint density at radius 3 is 2.62 bits per heavy atom. The number of carbonyl (C=O) groups excluding carboxylic acids is 2. The molecule has 37 heavy (non-hydrogen) atoms. The molecule has 2 aromatic heterocycles. The van der Waals surface area contributed by atoms with Crippen molar-refractivity contribution < 1.29 is 14.3 Å². The quantitative estimate of drug-likeness (QED) is 0.521. The van der Waals surface area contributed by atoms with E-state index in [-0.39, 0.29) is 29.2 Å². The van der Waals surface area contributed by atoms with Crippen molar-refractivity contribution in [2.45, 2.75) is 58.7 Å². The van der Waals surface area contributed by atoms with Crippen molar-refractivity contribution in [3.8, 4) is 29.2 Å². The number of aromatic nitrogens is 4. The number of hydrogen-bond acceptors (Lipinski definition) is 6. The number of rotatable bonds is 6. The number of benzene rings is 1. The van der Waals surface area contributed by atoms with Crippen LogP contribution in [0.4, 0.5) is 0 Å². The van der Waals surface area contributed by atoms with E-state index in [1.165, 1.54) is 0 Å². The van der Waals surface area contributed by atoms with Gasteiger partial charge in [-0.3, -0.25) is 14.6 Å². The monoisotopic (exact) mass is 500 g/mol. The van der Waals surface area contributed by atoms with Crippen molar-refractivity contribution in [1.82, 2.24) is 30.2 Å². The number of hydrogen-bond donors (Lipinski definition) is 1. The number of carbonyl (C=O) groups is 2. The summed E-state index contributed by atoms with van der Waals surface area (Å²) < 4.78 is 7.98. The second-order valence-corrected chi connectivity index (χ2v) is 10.2. The summed E-state index contributed by atoms with van der Waals surface area (Å²) in [5.74, 6) is 2.34. The van der Waals surface area contributed by atoms with E-state index in [9.17, 15) is 9.59 Å². The predicted octanol–water partition coefficient (Wildman–Crippen LogP) is 3.34. The summed E-state index contributed by atoms with van der Waals surface area (Å²) in [5.41, 5.74) is 4.03. The zero-order chi connectivity index (χ0) is 26.6. The summed E-state index contributed by atoms with van der Waals surface area (Å²) in [6, 6.07) is 8.03. The van der Waals surface area contributed by atoms with E-state index in [0.29, 0.717) is 38.2 Å². The van der Waals surface area contributed by atoms with Gasteiger partial charge < -0.3 is 15.0 Å². The van der Waals surface area contributed by atoms with E-state index >= 15 is 0 Å². The Bertz CT molecular complexity index is 1330. The first-order chi connectivity index (χ1) is 17.7. The lowest BCUT2D eigenvalue weighted by Crippen LogP contribution is -2.41. The van der Waals surface area contributed by atoms with Crippen LogP contribution in [-0.2, 0) is 16.9 Å². The largest absolute Gasteiger partial charge is 0.488 e. The summed E-state index contributed by atoms with van der Waals surface area (Å²) >= 11 is 0. The van der Waals surface area contributed by atoms with Crippen molar-refractivity contribution in [2.75, 3.05) is 13.1 Å². The average Bonchev–Trinajstić information content (AvgIpc) is 3.40. The molecule has 0 unspecified atom stereocenters. The van der Waals surface area contributed by atoms with Crippen LogP contribution in [0.1, 0.15) is 55.2 Å². The lowest BCUT2D eigenvalue weighted by Gasteiger charge is -2.31. The normalized spacial score (nSPS) is 14.2. The molecule has 1 aliphatic heterocycles. The zero-order valence-electron chi connectivity index (χ0n) is 21.7. The molecule has 9 heteroatoms. The molecular formula is C28H32N6O3. The molecule has 3 aromatic rings. The van der Waals surface area contributed by atoms with E-state index in [4.69, 9.17) is 11.2 Å². The molecule has 2 amide bonds. The van der Waals surface area contributed by atoms with Gasteiger partial charge in [-0.1, -0.05) is 23.4 Å². The van der Waals surface area contributed by atoms with Gasteiger partial charge in [-0.15, -0.1) is 11.5 Å². The molecule has 192 valence electrons. The second kappa shape index (κ2) is 10.8. The van der Waals surface area contributed by atoms with Gasteiger partial charge in [0, 0.05) is 44.2 Å². The number of pyridine rings is 1. The van der Waals surface area contributed by atoms with Gasteiger partial charge in [0.25, 0.3) is 11.8 Å². The van der Waals surface area contributed by atoms with Gasteiger partial charge >= 0.3 is 0 Å². The van der Waals surface area contributed by atoms with Gasteiger partial charge in [0.15, 0.2) is 5.69 Å². The molecule has 1 saturated heterocycles. The van der Waals surface area contributed by atoms with Crippen LogP contribution >= 0.6 is 0 Å². The fraction of sp³-hybridized carbons (Fsp3) is 0.393. The molecule has 0 bridgehead atoms. The Kier molecular flexibility index (Phi) is 7.58. The molecule has 0 radical (unpaired) electrons. The SMILES string of the molecule is C#CC(=O)N1CCC(Oc2cnccc2-c2ccc(CNC(=O)c3cn(C(C)(C)C)nn3)c(C)c2)CC1. The average molecular weight is 501 g/mol. The maximum absolute atomic E-state index is 12.6. The highest BCUT2D eigenvalue weighted by Gasteiger charge is 2.24. The summed E-state index contributed by atoms with van der Waals surface area (Å²) in [6.07, 6.45) is 11.8. The summed E-state index contributed by atoms with van der Waals surface area (Å²) in [5, 5.41) is 11.0. The summed E-state index contributed by atoms with van der Waals surface area (Å²) in [4.78, 5) is 30.2. The van der Waals surface area contributed by atoms with Crippen LogP contribution in [0.3, 0.4) is 0 Å². The number of nitrogens with one attached hydrogen (secondary N) is 1. The highest BCUT2D eigenvalue weighted by molar-refractivity contribution is 5.93. The maximum atomic E-state index is 12.6. The molecule has 0 atom stereocenters. The Hall–Kier alpha value is -4.19. The number of amides is 2. The van der Waals surface area contributed by atoms with E-state index in [0.717, 1.165) is 22.3 Å². The van der Waals surface area contributed by atoms with E-state index in [2.05, 4.69) is 32.6 Å². The first-order valence-corrected chi connectivity index (χ1v) is 12.3. The molecule has 9 nitrogen and oxygen atoms in total. The molecule has 1 aromatic carbocycles. The minimum Gasteiger partial charge on any atom is -0.488 e. The van der Waals surface area contributed by atoms with Gasteiger partial charge in [0.05, 0.1) is 17.9 Å². The number of piperidine rings is 1. The molecule has 1 fully saturated rings. The van der Waals surface area contributed by atoms with E-state index in [1.54, 1.807) is 28.2 Å². The highest BCUT2D eigenvalue weighted by atomic mass is 16.5. The second-order valence-electron chi connectivity index (χ2n) is 10.2. The van der Waals surface area contributed by atoms with Crippen LogP contribution in [0.15, 0.2) is 42.9 Å². The molecule has 4 rings (SSSR count). The van der Waals surface area contributed by atoms with Crippen LogP contribution in [0.2, 0.25) is 0 Å². The fourth-order valence-corrected chi connectivity index (χ4v) is 4.18. The number of ether oxygens (including phenoxy) is 1. The van der Waals surface area contributed by atoms with Gasteiger partial charge in [0.1, 0.15) is 11.9 Å². The molecule has 1 aliphatic rings. The molecule has 1 N–H and O–H groups in total. The number of nitrogens with zero attached hydrogens (tertiary/aromatic N) is 5. The van der Waals surface area contributed by atoms with E-state index in [1.807, 2.05) is 45.9 Å². The number of likely N-dealkylation sites (tertiary alicyclic amines) is 1. The fourth-order valence-electron chi connectivity index (χ4n) is 4.18. The van der Waals surface area contributed by atoms with Crippen LogP contribution in [0.25, 0.3) is 11.1 Å². The standard InChI is InChI=1S/C28H32N6O3/c1-6-26(35)33-13-10-22(11-14-33)37-25-17-29-12-9-23(25)20-7-8-21(19(2)15-20)16-30-27(36)24-18-34(32-31-24)28(3,4)5/h1,7-9,12,15,17-18,22H,10-11,13-14,16H2,2-5H3,(H,30,36). The zero-order valence-corrected chi connectivity index (χ0v) is 21.7. The molecule has 0 spiro atoms. The molecule has 0 saturated carbocycles. The minimum absolute atomic E-state index is 0.0170. The van der Waals surface area contributed by atoms with Crippen LogP contribution in [0.5, 0.6) is 5.75 Å². The topological polar surface area (TPSA) is 102 Å². The lowest BCUT2D eigenvalue weighted by molar-refractivity contribution is -0.126. The summed E-state index contributed by atoms with van der Waals surface area (Å²) in [6.45, 7) is 9.55. The first kappa shape index (κ1) is 25.9.